The first-order valence-corrected chi connectivity index (χ1v) is 18.0. The summed E-state index contributed by atoms with van der Waals surface area (Å²) in [5.41, 5.74) is -0.705. The Kier molecular flexibility index (Phi) is 11.8. The van der Waals surface area contributed by atoms with Crippen molar-refractivity contribution in [2.45, 2.75) is 97.7 Å². The molecule has 0 bridgehead atoms. The van der Waals surface area contributed by atoms with Crippen molar-refractivity contribution >= 4 is 30.1 Å². The number of nitrogens with zero attached hydrogens (tertiary/aromatic N) is 1. The molecular weight excluding hydrogens is 522 g/mol. The van der Waals surface area contributed by atoms with Gasteiger partial charge in [0.05, 0.1) is 30.2 Å². The van der Waals surface area contributed by atoms with Crippen LogP contribution in [0.3, 0.4) is 0 Å². The number of carbonyl (C=O) groups is 2. The molecule has 0 radical (unpaired) electrons. The first-order valence-electron chi connectivity index (χ1n) is 13.3. The summed E-state index contributed by atoms with van der Waals surface area (Å²) in [4.78, 5) is 28.7. The highest BCUT2D eigenvalue weighted by Crippen LogP contribution is 2.37. The second-order valence-electron chi connectivity index (χ2n) is 13.0. The number of carbonyl (C=O) groups excluding carboxylic acids is 1. The van der Waals surface area contributed by atoms with Crippen LogP contribution in [0.25, 0.3) is 0 Å². The highest BCUT2D eigenvalue weighted by molar-refractivity contribution is 7.91. The molecule has 0 aromatic carbocycles. The van der Waals surface area contributed by atoms with Crippen LogP contribution < -0.4 is 0 Å². The van der Waals surface area contributed by atoms with Gasteiger partial charge in [0.25, 0.3) is 0 Å². The summed E-state index contributed by atoms with van der Waals surface area (Å²) in [5.74, 6) is -1.73. The number of sulfone groups is 1. The third kappa shape index (κ3) is 10.1. The SMILES string of the molecule is COC(=O)[C@H](C)Cc1cccc(C(C)(CCCC(C)(C)CS(=O)(=O)CCO[Si](C)(C)C(C)(C)C)C(=O)O)n1. The van der Waals surface area contributed by atoms with E-state index in [1.54, 1.807) is 32.0 Å². The smallest absolute Gasteiger partial charge is 0.315 e. The fraction of sp³-hybridized carbons (Fsp3) is 0.750. The van der Waals surface area contributed by atoms with Crippen molar-refractivity contribution < 1.29 is 32.3 Å². The van der Waals surface area contributed by atoms with Crippen LogP contribution in [0.4, 0.5) is 0 Å². The minimum Gasteiger partial charge on any atom is -0.481 e. The van der Waals surface area contributed by atoms with Gasteiger partial charge in [0.15, 0.2) is 18.2 Å². The van der Waals surface area contributed by atoms with E-state index in [9.17, 15) is 23.1 Å². The van der Waals surface area contributed by atoms with Crippen molar-refractivity contribution in [3.8, 4) is 0 Å². The normalized spacial score (nSPS) is 15.5. The highest BCUT2D eigenvalue weighted by atomic mass is 32.2. The molecule has 0 aliphatic heterocycles. The van der Waals surface area contributed by atoms with E-state index >= 15 is 0 Å². The molecule has 0 aliphatic rings. The van der Waals surface area contributed by atoms with Crippen molar-refractivity contribution in [2.75, 3.05) is 25.2 Å². The van der Waals surface area contributed by atoms with Crippen molar-refractivity contribution in [2.24, 2.45) is 11.3 Å². The zero-order valence-electron chi connectivity index (χ0n) is 25.0. The van der Waals surface area contributed by atoms with Crippen molar-refractivity contribution in [3.63, 3.8) is 0 Å². The Labute approximate surface area is 231 Å². The third-order valence-corrected chi connectivity index (χ3v) is 14.3. The summed E-state index contributed by atoms with van der Waals surface area (Å²) in [6, 6.07) is 5.22. The minimum atomic E-state index is -3.34. The number of carboxylic acids is 1. The Hall–Kier alpha value is -1.78. The lowest BCUT2D eigenvalue weighted by Gasteiger charge is -2.36. The van der Waals surface area contributed by atoms with Gasteiger partial charge in [-0.15, -0.1) is 0 Å². The lowest BCUT2D eigenvalue weighted by Crippen LogP contribution is -2.42. The molecule has 1 rings (SSSR count). The summed E-state index contributed by atoms with van der Waals surface area (Å²) < 4.78 is 36.6. The van der Waals surface area contributed by atoms with Gasteiger partial charge in [0.2, 0.25) is 0 Å². The van der Waals surface area contributed by atoms with Crippen LogP contribution in [-0.2, 0) is 40.4 Å². The lowest BCUT2D eigenvalue weighted by molar-refractivity contribution is -0.145. The lowest BCUT2D eigenvalue weighted by atomic mass is 9.78. The summed E-state index contributed by atoms with van der Waals surface area (Å²) >= 11 is 0. The molecule has 218 valence electrons. The van der Waals surface area contributed by atoms with Gasteiger partial charge in [-0.2, -0.15) is 0 Å². The van der Waals surface area contributed by atoms with Gasteiger partial charge in [-0.25, -0.2) is 8.42 Å². The zero-order valence-corrected chi connectivity index (χ0v) is 26.8. The number of carboxylic acid groups (broad SMARTS) is 1. The van der Waals surface area contributed by atoms with Gasteiger partial charge in [0.1, 0.15) is 5.41 Å². The van der Waals surface area contributed by atoms with E-state index in [1.807, 2.05) is 13.8 Å². The number of esters is 1. The van der Waals surface area contributed by atoms with Gasteiger partial charge < -0.3 is 14.3 Å². The van der Waals surface area contributed by atoms with Crippen molar-refractivity contribution in [3.05, 3.63) is 29.6 Å². The number of pyridine rings is 1. The minimum absolute atomic E-state index is 0.0147. The second-order valence-corrected chi connectivity index (χ2v) is 20.0. The fourth-order valence-corrected chi connectivity index (χ4v) is 7.15. The van der Waals surface area contributed by atoms with Crippen LogP contribution in [-0.4, -0.2) is 64.0 Å². The van der Waals surface area contributed by atoms with Crippen molar-refractivity contribution in [1.29, 1.82) is 0 Å². The molecule has 1 N–H and O–H groups in total. The first kappa shape index (κ1) is 34.2. The van der Waals surface area contributed by atoms with E-state index in [4.69, 9.17) is 9.16 Å². The molecule has 0 saturated carbocycles. The molecule has 1 aromatic heterocycles. The quantitative estimate of drug-likeness (QED) is 0.219. The van der Waals surface area contributed by atoms with Crippen LogP contribution in [0.5, 0.6) is 0 Å². The molecule has 1 heterocycles. The monoisotopic (exact) mass is 571 g/mol. The Morgan fingerprint density at radius 1 is 1.08 bits per heavy atom. The number of rotatable bonds is 15. The van der Waals surface area contributed by atoms with E-state index in [0.29, 0.717) is 37.1 Å². The molecule has 0 amide bonds. The van der Waals surface area contributed by atoms with E-state index in [1.165, 1.54) is 7.11 Å². The summed E-state index contributed by atoms with van der Waals surface area (Å²) in [6.07, 6.45) is 1.73. The first-order chi connectivity index (χ1) is 17.2. The van der Waals surface area contributed by atoms with E-state index in [2.05, 4.69) is 38.8 Å². The number of aromatic nitrogens is 1. The molecule has 10 heteroatoms. The van der Waals surface area contributed by atoms with Crippen LogP contribution >= 0.6 is 0 Å². The standard InChI is InChI=1S/C28H49NO7SSi/c1-21(24(30)35-8)19-22-13-11-14-23(29-22)28(7,25(31)32)16-12-15-27(5,6)20-37(33,34)18-17-36-38(9,10)26(2,3)4/h11,13-14,21H,12,15-20H2,1-10H3,(H,31,32)/t21-,28?/m1/s1. The molecule has 0 spiro atoms. The van der Waals surface area contributed by atoms with E-state index in [0.717, 1.165) is 0 Å². The maximum atomic E-state index is 12.9. The van der Waals surface area contributed by atoms with Crippen LogP contribution in [0.15, 0.2) is 18.2 Å². The van der Waals surface area contributed by atoms with Crippen LogP contribution in [0.2, 0.25) is 18.1 Å². The predicted molar refractivity (Wildman–Crippen MR) is 154 cm³/mol. The average molecular weight is 572 g/mol. The third-order valence-electron chi connectivity index (χ3n) is 7.77. The molecular formula is C28H49NO7SSi. The maximum Gasteiger partial charge on any atom is 0.315 e. The van der Waals surface area contributed by atoms with Gasteiger partial charge in [-0.1, -0.05) is 54.0 Å². The topological polar surface area (TPSA) is 120 Å². The number of aliphatic carboxylic acids is 1. The van der Waals surface area contributed by atoms with E-state index in [-0.39, 0.29) is 29.1 Å². The van der Waals surface area contributed by atoms with Gasteiger partial charge >= 0.3 is 11.9 Å². The van der Waals surface area contributed by atoms with Gasteiger partial charge in [0, 0.05) is 18.7 Å². The number of hydrogen-bond donors (Lipinski definition) is 1. The van der Waals surface area contributed by atoms with E-state index < -0.39 is 40.9 Å². The molecule has 0 saturated heterocycles. The molecule has 1 unspecified atom stereocenters. The number of hydrogen-bond acceptors (Lipinski definition) is 7. The van der Waals surface area contributed by atoms with Gasteiger partial charge in [-0.05, 0) is 55.4 Å². The summed E-state index contributed by atoms with van der Waals surface area (Å²) in [6.45, 7) is 18.0. The summed E-state index contributed by atoms with van der Waals surface area (Å²) in [7, 11) is -4.02. The fourth-order valence-electron chi connectivity index (χ4n) is 4.14. The molecule has 0 aliphatic carbocycles. The summed E-state index contributed by atoms with van der Waals surface area (Å²) in [5, 5.41) is 10.1. The van der Waals surface area contributed by atoms with Crippen molar-refractivity contribution in [1.82, 2.24) is 4.98 Å². The Balaban J connectivity index is 2.84. The highest BCUT2D eigenvalue weighted by Gasteiger charge is 2.39. The molecule has 38 heavy (non-hydrogen) atoms. The Morgan fingerprint density at radius 2 is 1.68 bits per heavy atom. The zero-order chi connectivity index (χ0) is 29.6. The molecule has 8 nitrogen and oxygen atoms in total. The molecule has 1 aromatic rings. The Bertz CT molecular complexity index is 1060. The van der Waals surface area contributed by atoms with Gasteiger partial charge in [-0.3, -0.25) is 14.6 Å². The van der Waals surface area contributed by atoms with Crippen LogP contribution in [0.1, 0.15) is 79.1 Å². The number of ether oxygens (including phenoxy) is 1. The molecule has 2 atom stereocenters. The second kappa shape index (κ2) is 13.0. The molecule has 0 fully saturated rings. The predicted octanol–water partition coefficient (Wildman–Crippen LogP) is 5.41. The average Bonchev–Trinajstić information content (AvgIpc) is 2.76. The largest absolute Gasteiger partial charge is 0.481 e. The Morgan fingerprint density at radius 3 is 2.21 bits per heavy atom. The maximum absolute atomic E-state index is 12.9. The number of methoxy groups -OCH3 is 1. The van der Waals surface area contributed by atoms with Crippen LogP contribution in [0, 0.1) is 11.3 Å².